The van der Waals surface area contributed by atoms with Crippen molar-refractivity contribution in [3.8, 4) is 0 Å². The lowest BCUT2D eigenvalue weighted by molar-refractivity contribution is -0.117. The van der Waals surface area contributed by atoms with E-state index in [9.17, 15) is 4.79 Å². The number of hydrogen-bond donors (Lipinski definition) is 0. The van der Waals surface area contributed by atoms with Gasteiger partial charge in [0.15, 0.2) is 5.13 Å². The number of hydrogen-bond acceptors (Lipinski definition) is 4. The highest BCUT2D eigenvalue weighted by molar-refractivity contribution is 7.15. The molecule has 1 aromatic heterocycles. The molecule has 1 atom stereocenters. The molecule has 1 amide bonds. The number of rotatable bonds is 2. The maximum atomic E-state index is 11.9. The third-order valence-electron chi connectivity index (χ3n) is 3.14. The molecule has 6 heteroatoms. The van der Waals surface area contributed by atoms with Crippen molar-refractivity contribution in [2.24, 2.45) is 5.92 Å². The van der Waals surface area contributed by atoms with Crippen LogP contribution in [0.4, 0.5) is 5.13 Å². The van der Waals surface area contributed by atoms with E-state index in [0.717, 1.165) is 28.7 Å². The van der Waals surface area contributed by atoms with Crippen molar-refractivity contribution in [3.63, 3.8) is 0 Å². The lowest BCUT2D eigenvalue weighted by atomic mass is 10.2. The van der Waals surface area contributed by atoms with Gasteiger partial charge in [-0.2, -0.15) is 0 Å². The van der Waals surface area contributed by atoms with Crippen molar-refractivity contribution in [3.05, 3.63) is 10.6 Å². The van der Waals surface area contributed by atoms with E-state index in [-0.39, 0.29) is 11.8 Å². The lowest BCUT2D eigenvalue weighted by Crippen LogP contribution is -2.24. The summed E-state index contributed by atoms with van der Waals surface area (Å²) >= 11 is 7.39. The Morgan fingerprint density at radius 2 is 2.47 bits per heavy atom. The Morgan fingerprint density at radius 3 is 3.18 bits per heavy atom. The Balaban J connectivity index is 1.84. The molecule has 0 spiro atoms. The zero-order valence-corrected chi connectivity index (χ0v) is 10.9. The van der Waals surface area contributed by atoms with Crippen LogP contribution in [-0.4, -0.2) is 29.9 Å². The highest BCUT2D eigenvalue weighted by Crippen LogP contribution is 2.33. The number of alkyl halides is 1. The average molecular weight is 273 g/mol. The molecule has 0 saturated carbocycles. The first-order valence-electron chi connectivity index (χ1n) is 5.70. The topological polar surface area (TPSA) is 42.4 Å². The number of ether oxygens (including phenoxy) is 1. The second-order valence-electron chi connectivity index (χ2n) is 4.40. The second kappa shape index (κ2) is 4.55. The number of thiazole rings is 1. The van der Waals surface area contributed by atoms with Crippen LogP contribution in [0.3, 0.4) is 0 Å². The van der Waals surface area contributed by atoms with Gasteiger partial charge in [0.2, 0.25) is 5.91 Å². The minimum absolute atomic E-state index is 0.141. The lowest BCUT2D eigenvalue weighted by Gasteiger charge is -2.11. The maximum absolute atomic E-state index is 11.9. The molecule has 17 heavy (non-hydrogen) atoms. The van der Waals surface area contributed by atoms with Crippen molar-refractivity contribution in [2.45, 2.75) is 19.4 Å². The Bertz CT molecular complexity index is 425. The minimum Gasteiger partial charge on any atom is -0.375 e. The van der Waals surface area contributed by atoms with E-state index < -0.39 is 0 Å². The number of amides is 1. The first-order chi connectivity index (χ1) is 8.28. The number of nitrogens with zero attached hydrogens (tertiary/aromatic N) is 2. The molecule has 1 unspecified atom stereocenters. The summed E-state index contributed by atoms with van der Waals surface area (Å²) in [5, 5.41) is 0.818. The zero-order valence-electron chi connectivity index (χ0n) is 9.32. The van der Waals surface area contributed by atoms with Gasteiger partial charge in [0, 0.05) is 25.3 Å². The number of carbonyl (C=O) groups excluding carboxylic acids is 1. The van der Waals surface area contributed by atoms with Crippen LogP contribution in [0.1, 0.15) is 17.0 Å². The number of carbonyl (C=O) groups is 1. The summed E-state index contributed by atoms with van der Waals surface area (Å²) in [6, 6.07) is 0. The molecular formula is C11H13ClN2O2S. The largest absolute Gasteiger partial charge is 0.375 e. The molecule has 0 aromatic carbocycles. The Hall–Kier alpha value is -0.650. The predicted octanol–water partition coefficient (Wildman–Crippen LogP) is 1.81. The summed E-state index contributed by atoms with van der Waals surface area (Å²) in [6.45, 7) is 2.07. The molecule has 1 saturated heterocycles. The maximum Gasteiger partial charge on any atom is 0.229 e. The second-order valence-corrected chi connectivity index (χ2v) is 5.77. The van der Waals surface area contributed by atoms with Crippen molar-refractivity contribution in [1.82, 2.24) is 4.98 Å². The van der Waals surface area contributed by atoms with E-state index in [4.69, 9.17) is 16.3 Å². The van der Waals surface area contributed by atoms with Crippen molar-refractivity contribution >= 4 is 34.0 Å². The summed E-state index contributed by atoms with van der Waals surface area (Å²) in [5.41, 5.74) is 1.10. The molecule has 0 N–H and O–H groups in total. The van der Waals surface area contributed by atoms with E-state index in [1.165, 1.54) is 0 Å². The fourth-order valence-electron chi connectivity index (χ4n) is 2.20. The summed E-state index contributed by atoms with van der Waals surface area (Å²) in [4.78, 5) is 19.3. The number of fused-ring (bicyclic) bond motifs is 1. The predicted molar refractivity (Wildman–Crippen MR) is 66.7 cm³/mol. The highest BCUT2D eigenvalue weighted by Gasteiger charge is 2.32. The monoisotopic (exact) mass is 272 g/mol. The summed E-state index contributed by atoms with van der Waals surface area (Å²) in [5.74, 6) is 0.945. The summed E-state index contributed by atoms with van der Waals surface area (Å²) in [7, 11) is 0. The number of aromatic nitrogens is 1. The van der Waals surface area contributed by atoms with Crippen molar-refractivity contribution in [2.75, 3.05) is 23.9 Å². The molecule has 3 rings (SSSR count). The number of anilines is 1. The molecule has 4 nitrogen and oxygen atoms in total. The van der Waals surface area contributed by atoms with Gasteiger partial charge < -0.3 is 4.74 Å². The van der Waals surface area contributed by atoms with Crippen molar-refractivity contribution < 1.29 is 9.53 Å². The molecule has 2 aliphatic heterocycles. The molecule has 3 heterocycles. The Kier molecular flexibility index (Phi) is 3.06. The van der Waals surface area contributed by atoms with E-state index in [0.29, 0.717) is 25.5 Å². The van der Waals surface area contributed by atoms with Gasteiger partial charge in [-0.05, 0) is 5.92 Å². The third kappa shape index (κ3) is 2.07. The van der Waals surface area contributed by atoms with E-state index in [1.807, 2.05) is 0 Å². The van der Waals surface area contributed by atoms with Crippen LogP contribution in [-0.2, 0) is 22.6 Å². The minimum atomic E-state index is 0.141. The highest BCUT2D eigenvalue weighted by atomic mass is 35.5. The van der Waals surface area contributed by atoms with Crippen LogP contribution < -0.4 is 4.90 Å². The molecule has 1 fully saturated rings. The standard InChI is InChI=1S/C11H13ClN2O2S/c12-4-7-3-10(15)14(5-7)11-13-8-1-2-16-6-9(8)17-11/h7H,1-6H2. The average Bonchev–Trinajstić information content (AvgIpc) is 2.91. The van der Waals surface area contributed by atoms with Crippen LogP contribution in [0.5, 0.6) is 0 Å². The first-order valence-corrected chi connectivity index (χ1v) is 7.05. The van der Waals surface area contributed by atoms with E-state index in [1.54, 1.807) is 16.2 Å². The van der Waals surface area contributed by atoms with Gasteiger partial charge in [-0.15, -0.1) is 11.6 Å². The van der Waals surface area contributed by atoms with Gasteiger partial charge in [0.1, 0.15) is 0 Å². The Labute approximate surface area is 109 Å². The molecule has 2 aliphatic rings. The van der Waals surface area contributed by atoms with Gasteiger partial charge in [0.05, 0.1) is 23.8 Å². The molecule has 92 valence electrons. The van der Waals surface area contributed by atoms with Crippen LogP contribution in [0.15, 0.2) is 0 Å². The smallest absolute Gasteiger partial charge is 0.229 e. The quantitative estimate of drug-likeness (QED) is 0.771. The van der Waals surface area contributed by atoms with Crippen LogP contribution in [0.2, 0.25) is 0 Å². The van der Waals surface area contributed by atoms with Gasteiger partial charge >= 0.3 is 0 Å². The van der Waals surface area contributed by atoms with Gasteiger partial charge in [-0.1, -0.05) is 11.3 Å². The molecule has 1 aromatic rings. The molecular weight excluding hydrogens is 260 g/mol. The molecule has 0 aliphatic carbocycles. The van der Waals surface area contributed by atoms with Gasteiger partial charge in [-0.3, -0.25) is 9.69 Å². The van der Waals surface area contributed by atoms with E-state index >= 15 is 0 Å². The first kappa shape index (κ1) is 11.4. The normalized spacial score (nSPS) is 24.2. The third-order valence-corrected chi connectivity index (χ3v) is 4.67. The fraction of sp³-hybridized carbons (Fsp3) is 0.636. The van der Waals surface area contributed by atoms with Gasteiger partial charge in [-0.25, -0.2) is 4.98 Å². The fourth-order valence-corrected chi connectivity index (χ4v) is 3.47. The van der Waals surface area contributed by atoms with Crippen LogP contribution in [0.25, 0.3) is 0 Å². The zero-order chi connectivity index (χ0) is 11.8. The summed E-state index contributed by atoms with van der Waals surface area (Å²) < 4.78 is 5.39. The van der Waals surface area contributed by atoms with Crippen molar-refractivity contribution in [1.29, 1.82) is 0 Å². The van der Waals surface area contributed by atoms with Crippen LogP contribution in [0, 0.1) is 5.92 Å². The molecule has 0 radical (unpaired) electrons. The summed E-state index contributed by atoms with van der Waals surface area (Å²) in [6.07, 6.45) is 1.40. The molecule has 0 bridgehead atoms. The number of halogens is 1. The van der Waals surface area contributed by atoms with E-state index in [2.05, 4.69) is 4.98 Å². The SMILES string of the molecule is O=C1CC(CCl)CN1c1nc2c(s1)COCC2. The van der Waals surface area contributed by atoms with Crippen LogP contribution >= 0.6 is 22.9 Å². The Morgan fingerprint density at radius 1 is 1.59 bits per heavy atom. The van der Waals surface area contributed by atoms with Gasteiger partial charge in [0.25, 0.3) is 0 Å².